The molecule has 0 spiro atoms. The molecule has 0 unspecified atom stereocenters. The van der Waals surface area contributed by atoms with Crippen molar-refractivity contribution in [3.05, 3.63) is 53.4 Å². The van der Waals surface area contributed by atoms with E-state index in [9.17, 15) is 18.0 Å². The third-order valence-corrected chi connectivity index (χ3v) is 8.18. The molecule has 9 heteroatoms. The standard InChI is InChI=1S/C20H25N3O4S2/c24-19(21-12-4-9-16-7-2-1-3-8-16)20(25)22-15-17-10-5-13-23(17)29(26,27)18-11-6-14-28-18/h1-3,6-8,11,14,17H,4-5,9-10,12-13,15H2,(H,21,24)(H,22,25)/t17-/m1/s1. The van der Waals surface area contributed by atoms with Crippen LogP contribution in [0.1, 0.15) is 24.8 Å². The average molecular weight is 436 g/mol. The van der Waals surface area contributed by atoms with Gasteiger partial charge in [-0.25, -0.2) is 8.42 Å². The zero-order valence-corrected chi connectivity index (χ0v) is 17.7. The molecule has 0 aliphatic carbocycles. The molecule has 1 aromatic carbocycles. The molecule has 1 aliphatic heterocycles. The SMILES string of the molecule is O=C(NCCCc1ccccc1)C(=O)NC[C@H]1CCCN1S(=O)(=O)c1cccs1. The van der Waals surface area contributed by atoms with E-state index in [0.29, 0.717) is 23.7 Å². The molecule has 1 aromatic heterocycles. The lowest BCUT2D eigenvalue weighted by molar-refractivity contribution is -0.139. The maximum absolute atomic E-state index is 12.7. The lowest BCUT2D eigenvalue weighted by atomic mass is 10.1. The number of amides is 2. The van der Waals surface area contributed by atoms with Gasteiger partial charge in [-0.15, -0.1) is 11.3 Å². The number of thiophene rings is 1. The quantitative estimate of drug-likeness (QED) is 0.488. The van der Waals surface area contributed by atoms with Crippen LogP contribution in [0, 0.1) is 0 Å². The molecule has 156 valence electrons. The molecule has 7 nitrogen and oxygen atoms in total. The Labute approximate surface area is 175 Å². The largest absolute Gasteiger partial charge is 0.348 e. The molecule has 2 aromatic rings. The molecule has 0 radical (unpaired) electrons. The average Bonchev–Trinajstić information content (AvgIpc) is 3.42. The van der Waals surface area contributed by atoms with Crippen molar-refractivity contribution in [3.63, 3.8) is 0 Å². The van der Waals surface area contributed by atoms with Gasteiger partial charge in [-0.3, -0.25) is 9.59 Å². The van der Waals surface area contributed by atoms with Crippen LogP contribution in [0.15, 0.2) is 52.1 Å². The van der Waals surface area contributed by atoms with Crippen LogP contribution in [-0.2, 0) is 26.0 Å². The Hall–Kier alpha value is -2.23. The van der Waals surface area contributed by atoms with Gasteiger partial charge in [0.1, 0.15) is 4.21 Å². The van der Waals surface area contributed by atoms with E-state index in [2.05, 4.69) is 10.6 Å². The first kappa shape index (κ1) is 21.5. The molecule has 2 heterocycles. The monoisotopic (exact) mass is 435 g/mol. The number of nitrogens with zero attached hydrogens (tertiary/aromatic N) is 1. The minimum Gasteiger partial charge on any atom is -0.348 e. The molecular formula is C20H25N3O4S2. The van der Waals surface area contributed by atoms with E-state index in [1.165, 1.54) is 21.2 Å². The molecule has 1 saturated heterocycles. The molecule has 3 rings (SSSR count). The summed E-state index contributed by atoms with van der Waals surface area (Å²) in [4.78, 5) is 24.0. The molecule has 0 bridgehead atoms. The van der Waals surface area contributed by atoms with Gasteiger partial charge in [0.2, 0.25) is 0 Å². The number of hydrogen-bond acceptors (Lipinski definition) is 5. The van der Waals surface area contributed by atoms with Crippen molar-refractivity contribution < 1.29 is 18.0 Å². The van der Waals surface area contributed by atoms with Crippen molar-refractivity contribution in [2.75, 3.05) is 19.6 Å². The second kappa shape index (κ2) is 10.00. The third-order valence-electron chi connectivity index (χ3n) is 4.86. The normalized spacial score (nSPS) is 17.2. The second-order valence-corrected chi connectivity index (χ2v) is 9.96. The summed E-state index contributed by atoms with van der Waals surface area (Å²) >= 11 is 1.18. The van der Waals surface area contributed by atoms with Crippen LogP contribution in [0.25, 0.3) is 0 Å². The zero-order chi connectivity index (χ0) is 20.7. The molecule has 0 saturated carbocycles. The number of sulfonamides is 1. The van der Waals surface area contributed by atoms with Crippen molar-refractivity contribution >= 4 is 33.2 Å². The molecule has 1 aliphatic rings. The van der Waals surface area contributed by atoms with E-state index >= 15 is 0 Å². The Bertz CT molecular complexity index is 914. The first-order chi connectivity index (χ1) is 14.0. The van der Waals surface area contributed by atoms with Crippen LogP contribution in [-0.4, -0.2) is 50.2 Å². The summed E-state index contributed by atoms with van der Waals surface area (Å²) in [5, 5.41) is 6.91. The van der Waals surface area contributed by atoms with Gasteiger partial charge in [0.25, 0.3) is 10.0 Å². The van der Waals surface area contributed by atoms with Crippen LogP contribution in [0.4, 0.5) is 0 Å². The summed E-state index contributed by atoms with van der Waals surface area (Å²) in [7, 11) is -3.56. The van der Waals surface area contributed by atoms with Gasteiger partial charge < -0.3 is 10.6 Å². The second-order valence-electron chi connectivity index (χ2n) is 6.90. The molecule has 29 heavy (non-hydrogen) atoms. The van der Waals surface area contributed by atoms with E-state index < -0.39 is 21.8 Å². The fourth-order valence-electron chi connectivity index (χ4n) is 3.37. The third kappa shape index (κ3) is 5.65. The summed E-state index contributed by atoms with van der Waals surface area (Å²) < 4.78 is 27.2. The number of aryl methyl sites for hydroxylation is 1. The Balaban J connectivity index is 1.42. The van der Waals surface area contributed by atoms with Crippen LogP contribution >= 0.6 is 11.3 Å². The van der Waals surface area contributed by atoms with Crippen LogP contribution in [0.5, 0.6) is 0 Å². The van der Waals surface area contributed by atoms with Gasteiger partial charge in [-0.2, -0.15) is 4.31 Å². The van der Waals surface area contributed by atoms with E-state index in [1.54, 1.807) is 17.5 Å². The minimum atomic E-state index is -3.56. The first-order valence-electron chi connectivity index (χ1n) is 9.64. The van der Waals surface area contributed by atoms with E-state index in [4.69, 9.17) is 0 Å². The molecular weight excluding hydrogens is 410 g/mol. The van der Waals surface area contributed by atoms with Crippen LogP contribution < -0.4 is 10.6 Å². The number of carbonyl (C=O) groups is 2. The number of benzene rings is 1. The number of hydrogen-bond donors (Lipinski definition) is 2. The van der Waals surface area contributed by atoms with Gasteiger partial charge in [-0.1, -0.05) is 36.4 Å². The van der Waals surface area contributed by atoms with Gasteiger partial charge >= 0.3 is 11.8 Å². The predicted molar refractivity (Wildman–Crippen MR) is 112 cm³/mol. The Kier molecular flexibility index (Phi) is 7.40. The molecule has 2 amide bonds. The number of nitrogens with one attached hydrogen (secondary N) is 2. The summed E-state index contributed by atoms with van der Waals surface area (Å²) in [6.45, 7) is 0.955. The summed E-state index contributed by atoms with van der Waals surface area (Å²) in [5.74, 6) is -1.42. The van der Waals surface area contributed by atoms with Crippen molar-refractivity contribution in [2.24, 2.45) is 0 Å². The topological polar surface area (TPSA) is 95.6 Å². The Morgan fingerprint density at radius 2 is 1.83 bits per heavy atom. The van der Waals surface area contributed by atoms with Crippen LogP contribution in [0.3, 0.4) is 0 Å². The lowest BCUT2D eigenvalue weighted by Crippen LogP contribution is -2.47. The van der Waals surface area contributed by atoms with Crippen LogP contribution in [0.2, 0.25) is 0 Å². The fourth-order valence-corrected chi connectivity index (χ4v) is 6.18. The molecule has 2 N–H and O–H groups in total. The van der Waals surface area contributed by atoms with Gasteiger partial charge in [0.15, 0.2) is 0 Å². The maximum atomic E-state index is 12.7. The molecule has 1 atom stereocenters. The van der Waals surface area contributed by atoms with Gasteiger partial charge in [0.05, 0.1) is 0 Å². The maximum Gasteiger partial charge on any atom is 0.309 e. The van der Waals surface area contributed by atoms with Crippen molar-refractivity contribution in [1.82, 2.24) is 14.9 Å². The summed E-state index contributed by atoms with van der Waals surface area (Å²) in [5.41, 5.74) is 1.18. The highest BCUT2D eigenvalue weighted by Gasteiger charge is 2.36. The van der Waals surface area contributed by atoms with Gasteiger partial charge in [0, 0.05) is 25.7 Å². The van der Waals surface area contributed by atoms with Crippen molar-refractivity contribution in [1.29, 1.82) is 0 Å². The predicted octanol–water partition coefficient (Wildman–Crippen LogP) is 1.77. The fraction of sp³-hybridized carbons (Fsp3) is 0.400. The van der Waals surface area contributed by atoms with E-state index in [1.807, 2.05) is 30.3 Å². The highest BCUT2D eigenvalue weighted by Crippen LogP contribution is 2.28. The summed E-state index contributed by atoms with van der Waals surface area (Å²) in [6.07, 6.45) is 2.94. The van der Waals surface area contributed by atoms with Crippen molar-refractivity contribution in [2.45, 2.75) is 35.9 Å². The summed E-state index contributed by atoms with van der Waals surface area (Å²) in [6, 6.07) is 12.9. The van der Waals surface area contributed by atoms with Gasteiger partial charge in [-0.05, 0) is 42.7 Å². The lowest BCUT2D eigenvalue weighted by Gasteiger charge is -2.23. The minimum absolute atomic E-state index is 0.126. The number of carbonyl (C=O) groups excluding carboxylic acids is 2. The van der Waals surface area contributed by atoms with E-state index in [0.717, 1.165) is 19.3 Å². The highest BCUT2D eigenvalue weighted by atomic mass is 32.2. The molecule has 1 fully saturated rings. The zero-order valence-electron chi connectivity index (χ0n) is 16.0. The smallest absolute Gasteiger partial charge is 0.309 e. The Morgan fingerprint density at radius 3 is 2.55 bits per heavy atom. The Morgan fingerprint density at radius 1 is 1.07 bits per heavy atom. The number of rotatable bonds is 8. The van der Waals surface area contributed by atoms with E-state index in [-0.39, 0.29) is 12.6 Å². The first-order valence-corrected chi connectivity index (χ1v) is 12.0. The highest BCUT2D eigenvalue weighted by molar-refractivity contribution is 7.91. The van der Waals surface area contributed by atoms with Crippen molar-refractivity contribution in [3.8, 4) is 0 Å².